The topological polar surface area (TPSA) is 52.0 Å². The van der Waals surface area contributed by atoms with Crippen LogP contribution in [0.3, 0.4) is 0 Å². The minimum Gasteiger partial charge on any atom is -0.397 e. The van der Waals surface area contributed by atoms with Gasteiger partial charge in [0.1, 0.15) is 0 Å². The lowest BCUT2D eigenvalue weighted by atomic mass is 9.93. The standard InChI is InChI=1S/C12H18N2/c1-5-9-7(3)8(4)10(6-2)12(14)11(9)13/h5H,1,6,13-14H2,2-4H3. The summed E-state index contributed by atoms with van der Waals surface area (Å²) in [4.78, 5) is 0. The Hall–Kier alpha value is -1.44. The second kappa shape index (κ2) is 3.74. The molecule has 76 valence electrons. The van der Waals surface area contributed by atoms with Gasteiger partial charge in [-0.2, -0.15) is 0 Å². The van der Waals surface area contributed by atoms with Gasteiger partial charge in [0.2, 0.25) is 0 Å². The van der Waals surface area contributed by atoms with Gasteiger partial charge in [-0.15, -0.1) is 0 Å². The van der Waals surface area contributed by atoms with Crippen LogP contribution in [0.4, 0.5) is 11.4 Å². The number of nitrogen functional groups attached to an aromatic ring is 2. The van der Waals surface area contributed by atoms with Gasteiger partial charge >= 0.3 is 0 Å². The fourth-order valence-corrected chi connectivity index (χ4v) is 1.86. The molecular formula is C12H18N2. The number of hydrogen-bond acceptors (Lipinski definition) is 2. The molecule has 0 spiro atoms. The minimum atomic E-state index is 0.667. The molecule has 2 nitrogen and oxygen atoms in total. The first-order chi connectivity index (χ1) is 6.54. The van der Waals surface area contributed by atoms with Gasteiger partial charge in [-0.1, -0.05) is 19.6 Å². The number of nitrogens with two attached hydrogens (primary N) is 2. The summed E-state index contributed by atoms with van der Waals surface area (Å²) >= 11 is 0. The number of hydrogen-bond donors (Lipinski definition) is 2. The smallest absolute Gasteiger partial charge is 0.0626 e. The SMILES string of the molecule is C=Cc1c(C)c(C)c(CC)c(N)c1N. The molecule has 0 fully saturated rings. The third-order valence-electron chi connectivity index (χ3n) is 2.88. The minimum absolute atomic E-state index is 0.667. The average molecular weight is 190 g/mol. The van der Waals surface area contributed by atoms with Crippen molar-refractivity contribution in [2.45, 2.75) is 27.2 Å². The molecular weight excluding hydrogens is 172 g/mol. The maximum Gasteiger partial charge on any atom is 0.0626 e. The number of benzene rings is 1. The van der Waals surface area contributed by atoms with Crippen molar-refractivity contribution in [3.8, 4) is 0 Å². The van der Waals surface area contributed by atoms with E-state index in [9.17, 15) is 0 Å². The Bertz CT molecular complexity index is 349. The van der Waals surface area contributed by atoms with Crippen molar-refractivity contribution in [1.29, 1.82) is 0 Å². The van der Waals surface area contributed by atoms with Gasteiger partial charge in [0.15, 0.2) is 0 Å². The highest BCUT2D eigenvalue weighted by Gasteiger charge is 2.12. The Kier molecular flexibility index (Phi) is 2.84. The van der Waals surface area contributed by atoms with Crippen LogP contribution >= 0.6 is 0 Å². The molecule has 0 aliphatic heterocycles. The molecule has 0 atom stereocenters. The maximum absolute atomic E-state index is 5.97. The predicted molar refractivity (Wildman–Crippen MR) is 64.2 cm³/mol. The zero-order valence-electron chi connectivity index (χ0n) is 9.15. The van der Waals surface area contributed by atoms with E-state index < -0.39 is 0 Å². The molecule has 0 unspecified atom stereocenters. The van der Waals surface area contributed by atoms with E-state index in [2.05, 4.69) is 27.4 Å². The van der Waals surface area contributed by atoms with E-state index in [1.807, 2.05) is 0 Å². The van der Waals surface area contributed by atoms with Crippen LogP contribution in [0.15, 0.2) is 6.58 Å². The van der Waals surface area contributed by atoms with E-state index in [0.29, 0.717) is 11.4 Å². The second-order valence-corrected chi connectivity index (χ2v) is 3.53. The summed E-state index contributed by atoms with van der Waals surface area (Å²) < 4.78 is 0. The summed E-state index contributed by atoms with van der Waals surface area (Å²) in [5.41, 5.74) is 17.8. The van der Waals surface area contributed by atoms with E-state index in [4.69, 9.17) is 11.5 Å². The largest absolute Gasteiger partial charge is 0.397 e. The third-order valence-corrected chi connectivity index (χ3v) is 2.88. The van der Waals surface area contributed by atoms with Crippen LogP contribution in [0.5, 0.6) is 0 Å². The van der Waals surface area contributed by atoms with Crippen LogP contribution < -0.4 is 11.5 Å². The van der Waals surface area contributed by atoms with Crippen LogP contribution in [-0.2, 0) is 6.42 Å². The quantitative estimate of drug-likeness (QED) is 0.704. The predicted octanol–water partition coefficient (Wildman–Crippen LogP) is 2.67. The Balaban J connectivity index is 3.63. The van der Waals surface area contributed by atoms with Gasteiger partial charge in [-0.05, 0) is 37.0 Å². The second-order valence-electron chi connectivity index (χ2n) is 3.53. The van der Waals surface area contributed by atoms with E-state index in [1.54, 1.807) is 6.08 Å². The highest BCUT2D eigenvalue weighted by molar-refractivity contribution is 5.81. The Morgan fingerprint density at radius 3 is 2.14 bits per heavy atom. The molecule has 0 aliphatic carbocycles. The first-order valence-electron chi connectivity index (χ1n) is 4.83. The van der Waals surface area contributed by atoms with Crippen LogP contribution in [0.2, 0.25) is 0 Å². The summed E-state index contributed by atoms with van der Waals surface area (Å²) in [6.45, 7) is 9.98. The van der Waals surface area contributed by atoms with Crippen LogP contribution in [0.1, 0.15) is 29.2 Å². The summed E-state index contributed by atoms with van der Waals surface area (Å²) in [6.07, 6.45) is 2.69. The van der Waals surface area contributed by atoms with E-state index >= 15 is 0 Å². The van der Waals surface area contributed by atoms with Gasteiger partial charge in [-0.3, -0.25) is 0 Å². The molecule has 2 heteroatoms. The molecule has 0 aromatic heterocycles. The summed E-state index contributed by atoms with van der Waals surface area (Å²) in [5.74, 6) is 0. The maximum atomic E-state index is 5.97. The van der Waals surface area contributed by atoms with Crippen LogP contribution in [0.25, 0.3) is 6.08 Å². The third kappa shape index (κ3) is 1.37. The van der Waals surface area contributed by atoms with Gasteiger partial charge in [-0.25, -0.2) is 0 Å². The van der Waals surface area contributed by atoms with Gasteiger partial charge in [0.05, 0.1) is 11.4 Å². The van der Waals surface area contributed by atoms with Crippen molar-refractivity contribution in [3.63, 3.8) is 0 Å². The number of anilines is 2. The van der Waals surface area contributed by atoms with Crippen molar-refractivity contribution < 1.29 is 0 Å². The average Bonchev–Trinajstić information content (AvgIpc) is 2.17. The van der Waals surface area contributed by atoms with Crippen molar-refractivity contribution in [2.24, 2.45) is 0 Å². The molecule has 1 aromatic carbocycles. The zero-order chi connectivity index (χ0) is 10.9. The molecule has 0 radical (unpaired) electrons. The van der Waals surface area contributed by atoms with Crippen LogP contribution in [0, 0.1) is 13.8 Å². The zero-order valence-corrected chi connectivity index (χ0v) is 9.15. The highest BCUT2D eigenvalue weighted by Crippen LogP contribution is 2.32. The van der Waals surface area contributed by atoms with Crippen molar-refractivity contribution in [3.05, 3.63) is 28.8 Å². The van der Waals surface area contributed by atoms with E-state index in [-0.39, 0.29) is 0 Å². The van der Waals surface area contributed by atoms with Crippen LogP contribution in [-0.4, -0.2) is 0 Å². The van der Waals surface area contributed by atoms with Crippen molar-refractivity contribution >= 4 is 17.5 Å². The molecule has 0 saturated carbocycles. The summed E-state index contributed by atoms with van der Waals surface area (Å²) in [5, 5.41) is 0. The monoisotopic (exact) mass is 190 g/mol. The Morgan fingerprint density at radius 1 is 1.14 bits per heavy atom. The van der Waals surface area contributed by atoms with Gasteiger partial charge < -0.3 is 11.5 Å². The summed E-state index contributed by atoms with van der Waals surface area (Å²) in [6, 6.07) is 0. The lowest BCUT2D eigenvalue weighted by molar-refractivity contribution is 1.10. The highest BCUT2D eigenvalue weighted by atomic mass is 14.7. The molecule has 4 N–H and O–H groups in total. The fraction of sp³-hybridized carbons (Fsp3) is 0.333. The number of rotatable bonds is 2. The van der Waals surface area contributed by atoms with Gasteiger partial charge in [0.25, 0.3) is 0 Å². The van der Waals surface area contributed by atoms with E-state index in [1.165, 1.54) is 11.1 Å². The lowest BCUT2D eigenvalue weighted by Crippen LogP contribution is -2.06. The van der Waals surface area contributed by atoms with Gasteiger partial charge in [0, 0.05) is 5.56 Å². The summed E-state index contributed by atoms with van der Waals surface area (Å²) in [7, 11) is 0. The molecule has 0 saturated heterocycles. The molecule has 0 bridgehead atoms. The molecule has 0 heterocycles. The normalized spacial score (nSPS) is 10.2. The fourth-order valence-electron chi connectivity index (χ4n) is 1.86. The molecule has 1 aromatic rings. The molecule has 0 amide bonds. The van der Waals surface area contributed by atoms with Crippen molar-refractivity contribution in [1.82, 2.24) is 0 Å². The molecule has 1 rings (SSSR count). The first-order valence-corrected chi connectivity index (χ1v) is 4.83. The van der Waals surface area contributed by atoms with Crippen molar-refractivity contribution in [2.75, 3.05) is 11.5 Å². The lowest BCUT2D eigenvalue weighted by Gasteiger charge is -2.16. The molecule has 14 heavy (non-hydrogen) atoms. The first kappa shape index (κ1) is 10.6. The Morgan fingerprint density at radius 2 is 1.71 bits per heavy atom. The van der Waals surface area contributed by atoms with E-state index in [0.717, 1.165) is 17.5 Å². The Labute approximate surface area is 85.6 Å². The molecule has 0 aliphatic rings.